The van der Waals surface area contributed by atoms with Crippen LogP contribution in [0, 0.1) is 13.8 Å². The molecular formula is C22H26N2O4. The second kappa shape index (κ2) is 8.89. The van der Waals surface area contributed by atoms with Crippen LogP contribution < -0.4 is 10.2 Å². The minimum absolute atomic E-state index is 0.364. The summed E-state index contributed by atoms with van der Waals surface area (Å²) in [5.74, 6) is -0.861. The smallest absolute Gasteiger partial charge is 0.339 e. The summed E-state index contributed by atoms with van der Waals surface area (Å²) in [5.41, 5.74) is 4.13. The van der Waals surface area contributed by atoms with E-state index in [-0.39, 0.29) is 5.91 Å². The Labute approximate surface area is 165 Å². The third kappa shape index (κ3) is 4.89. The minimum atomic E-state index is -0.896. The van der Waals surface area contributed by atoms with Crippen molar-refractivity contribution in [1.29, 1.82) is 0 Å². The number of benzene rings is 2. The lowest BCUT2D eigenvalue weighted by Gasteiger charge is -2.28. The highest BCUT2D eigenvalue weighted by Gasteiger charge is 2.20. The average molecular weight is 382 g/mol. The Balaban J connectivity index is 1.56. The second-order valence-electron chi connectivity index (χ2n) is 7.00. The van der Waals surface area contributed by atoms with Gasteiger partial charge in [-0.05, 0) is 56.7 Å². The summed E-state index contributed by atoms with van der Waals surface area (Å²) in [6, 6.07) is 13.1. The third-order valence-electron chi connectivity index (χ3n) is 4.77. The zero-order valence-electron chi connectivity index (χ0n) is 16.5. The third-order valence-corrected chi connectivity index (χ3v) is 4.77. The van der Waals surface area contributed by atoms with Crippen LogP contribution in [0.2, 0.25) is 0 Å². The van der Waals surface area contributed by atoms with E-state index in [2.05, 4.69) is 10.2 Å². The minimum Gasteiger partial charge on any atom is -0.449 e. The van der Waals surface area contributed by atoms with E-state index in [9.17, 15) is 9.59 Å². The highest BCUT2D eigenvalue weighted by molar-refractivity contribution is 5.97. The van der Waals surface area contributed by atoms with E-state index in [0.29, 0.717) is 11.3 Å². The van der Waals surface area contributed by atoms with Crippen molar-refractivity contribution in [2.45, 2.75) is 26.9 Å². The fourth-order valence-corrected chi connectivity index (χ4v) is 3.14. The average Bonchev–Trinajstić information content (AvgIpc) is 2.69. The SMILES string of the molecule is Cc1ccc(C(=O)O[C@@H](C)C(=O)Nc2ccc(N3CCOCC3)cc2)c(C)c1. The quantitative estimate of drug-likeness (QED) is 0.804. The molecule has 1 N–H and O–H groups in total. The monoisotopic (exact) mass is 382 g/mol. The first kappa shape index (κ1) is 19.9. The van der Waals surface area contributed by atoms with Gasteiger partial charge < -0.3 is 19.7 Å². The molecule has 0 aromatic heterocycles. The molecule has 2 aromatic rings. The Morgan fingerprint density at radius 2 is 1.75 bits per heavy atom. The Morgan fingerprint density at radius 1 is 1.07 bits per heavy atom. The summed E-state index contributed by atoms with van der Waals surface area (Å²) < 4.78 is 10.7. The molecule has 1 saturated heterocycles. The summed E-state index contributed by atoms with van der Waals surface area (Å²) in [6.45, 7) is 8.55. The van der Waals surface area contributed by atoms with Gasteiger partial charge in [-0.1, -0.05) is 17.7 Å². The van der Waals surface area contributed by atoms with Crippen molar-refractivity contribution in [3.05, 3.63) is 59.2 Å². The topological polar surface area (TPSA) is 67.9 Å². The molecule has 28 heavy (non-hydrogen) atoms. The van der Waals surface area contributed by atoms with E-state index in [4.69, 9.17) is 9.47 Å². The van der Waals surface area contributed by atoms with Gasteiger partial charge >= 0.3 is 5.97 Å². The van der Waals surface area contributed by atoms with Crippen LogP contribution in [-0.4, -0.2) is 44.3 Å². The molecule has 0 saturated carbocycles. The molecule has 0 unspecified atom stereocenters. The molecule has 1 amide bonds. The fourth-order valence-electron chi connectivity index (χ4n) is 3.14. The van der Waals surface area contributed by atoms with Crippen LogP contribution in [0.4, 0.5) is 11.4 Å². The summed E-state index contributed by atoms with van der Waals surface area (Å²) >= 11 is 0. The summed E-state index contributed by atoms with van der Waals surface area (Å²) in [5, 5.41) is 2.79. The van der Waals surface area contributed by atoms with Crippen LogP contribution in [-0.2, 0) is 14.3 Å². The fraction of sp³-hybridized carbons (Fsp3) is 0.364. The number of hydrogen-bond acceptors (Lipinski definition) is 5. The van der Waals surface area contributed by atoms with E-state index < -0.39 is 12.1 Å². The molecule has 0 bridgehead atoms. The van der Waals surface area contributed by atoms with Crippen LogP contribution in [0.25, 0.3) is 0 Å². The Morgan fingerprint density at radius 3 is 2.39 bits per heavy atom. The first-order chi connectivity index (χ1) is 13.4. The lowest BCUT2D eigenvalue weighted by atomic mass is 10.1. The van der Waals surface area contributed by atoms with Crippen molar-refractivity contribution in [1.82, 2.24) is 0 Å². The number of ether oxygens (including phenoxy) is 2. The van der Waals surface area contributed by atoms with Gasteiger partial charge in [0, 0.05) is 24.5 Å². The van der Waals surface area contributed by atoms with E-state index in [1.54, 1.807) is 13.0 Å². The molecule has 3 rings (SSSR count). The number of amides is 1. The number of rotatable bonds is 5. The van der Waals surface area contributed by atoms with Crippen LogP contribution in [0.5, 0.6) is 0 Å². The number of hydrogen-bond donors (Lipinski definition) is 1. The Kier molecular flexibility index (Phi) is 6.31. The predicted molar refractivity (Wildman–Crippen MR) is 109 cm³/mol. The van der Waals surface area contributed by atoms with E-state index in [1.165, 1.54) is 0 Å². The lowest BCUT2D eigenvalue weighted by Crippen LogP contribution is -2.36. The van der Waals surface area contributed by atoms with Crippen molar-refractivity contribution in [2.24, 2.45) is 0 Å². The molecule has 1 atom stereocenters. The molecule has 148 valence electrons. The highest BCUT2D eigenvalue weighted by Crippen LogP contribution is 2.19. The Hall–Kier alpha value is -2.86. The van der Waals surface area contributed by atoms with Crippen molar-refractivity contribution >= 4 is 23.3 Å². The van der Waals surface area contributed by atoms with Crippen molar-refractivity contribution in [3.63, 3.8) is 0 Å². The van der Waals surface area contributed by atoms with Crippen molar-refractivity contribution in [2.75, 3.05) is 36.5 Å². The molecule has 1 fully saturated rings. The van der Waals surface area contributed by atoms with E-state index in [0.717, 1.165) is 43.1 Å². The van der Waals surface area contributed by atoms with E-state index in [1.807, 2.05) is 50.2 Å². The van der Waals surface area contributed by atoms with Crippen LogP contribution >= 0.6 is 0 Å². The largest absolute Gasteiger partial charge is 0.449 e. The maximum atomic E-state index is 12.4. The molecule has 0 aliphatic carbocycles. The maximum Gasteiger partial charge on any atom is 0.339 e. The van der Waals surface area contributed by atoms with Crippen molar-refractivity contribution in [3.8, 4) is 0 Å². The number of anilines is 2. The van der Waals surface area contributed by atoms with Crippen LogP contribution in [0.3, 0.4) is 0 Å². The maximum absolute atomic E-state index is 12.4. The number of esters is 1. The molecule has 6 nitrogen and oxygen atoms in total. The van der Waals surface area contributed by atoms with Gasteiger partial charge in [-0.2, -0.15) is 0 Å². The molecule has 1 aliphatic rings. The van der Waals surface area contributed by atoms with Gasteiger partial charge in [0.15, 0.2) is 6.10 Å². The summed E-state index contributed by atoms with van der Waals surface area (Å²) in [4.78, 5) is 27.0. The normalized spacial score (nSPS) is 15.0. The lowest BCUT2D eigenvalue weighted by molar-refractivity contribution is -0.123. The first-order valence-electron chi connectivity index (χ1n) is 9.46. The zero-order valence-corrected chi connectivity index (χ0v) is 16.5. The van der Waals surface area contributed by atoms with Gasteiger partial charge in [0.1, 0.15) is 0 Å². The number of aryl methyl sites for hydroxylation is 2. The van der Waals surface area contributed by atoms with Gasteiger partial charge in [0.2, 0.25) is 0 Å². The molecule has 0 spiro atoms. The number of carbonyl (C=O) groups excluding carboxylic acids is 2. The predicted octanol–water partition coefficient (Wildman–Crippen LogP) is 3.32. The number of nitrogens with zero attached hydrogens (tertiary/aromatic N) is 1. The number of morpholine rings is 1. The molecule has 6 heteroatoms. The summed E-state index contributed by atoms with van der Waals surface area (Å²) in [6.07, 6.45) is -0.896. The molecular weight excluding hydrogens is 356 g/mol. The standard InChI is InChI=1S/C22H26N2O4/c1-15-4-9-20(16(2)14-15)22(26)28-17(3)21(25)23-18-5-7-19(8-6-18)24-10-12-27-13-11-24/h4-9,14,17H,10-13H2,1-3H3,(H,23,25)/t17-/m0/s1. The number of carbonyl (C=O) groups is 2. The zero-order chi connectivity index (χ0) is 20.1. The molecule has 1 aliphatic heterocycles. The highest BCUT2D eigenvalue weighted by atomic mass is 16.5. The van der Waals surface area contributed by atoms with Crippen molar-refractivity contribution < 1.29 is 19.1 Å². The second-order valence-corrected chi connectivity index (χ2v) is 7.00. The molecule has 2 aromatic carbocycles. The van der Waals surface area contributed by atoms with Gasteiger partial charge in [0.05, 0.1) is 18.8 Å². The van der Waals surface area contributed by atoms with Gasteiger partial charge in [-0.25, -0.2) is 4.79 Å². The van der Waals surface area contributed by atoms with Crippen LogP contribution in [0.15, 0.2) is 42.5 Å². The van der Waals surface area contributed by atoms with Gasteiger partial charge in [0.25, 0.3) is 5.91 Å². The van der Waals surface area contributed by atoms with E-state index >= 15 is 0 Å². The van der Waals surface area contributed by atoms with Gasteiger partial charge in [-0.3, -0.25) is 4.79 Å². The number of nitrogens with one attached hydrogen (secondary N) is 1. The van der Waals surface area contributed by atoms with Gasteiger partial charge in [-0.15, -0.1) is 0 Å². The molecule has 0 radical (unpaired) electrons. The Bertz CT molecular complexity index is 842. The molecule has 1 heterocycles. The summed E-state index contributed by atoms with van der Waals surface area (Å²) in [7, 11) is 0. The first-order valence-corrected chi connectivity index (χ1v) is 9.46. The van der Waals surface area contributed by atoms with Crippen LogP contribution in [0.1, 0.15) is 28.4 Å².